The fraction of sp³-hybridized carbons (Fsp3) is 0.205. The molecule has 1 aliphatic heterocycles. The number of ether oxygens (including phenoxy) is 2. The Hall–Kier alpha value is -5.87. The molecule has 10 heteroatoms. The maximum absolute atomic E-state index is 13.1. The number of aromatic amines is 1. The average Bonchev–Trinajstić information content (AvgIpc) is 3.12. The van der Waals surface area contributed by atoms with Gasteiger partial charge in [0.15, 0.2) is 11.5 Å². The Morgan fingerprint density at radius 1 is 0.918 bits per heavy atom. The van der Waals surface area contributed by atoms with Crippen molar-refractivity contribution in [2.24, 2.45) is 7.05 Å². The van der Waals surface area contributed by atoms with Crippen molar-refractivity contribution in [3.05, 3.63) is 150 Å². The molecule has 0 saturated carbocycles. The number of aromatic hydroxyl groups is 1. The number of phenols is 1. The summed E-state index contributed by atoms with van der Waals surface area (Å²) >= 11 is 0. The number of amides is 1. The van der Waals surface area contributed by atoms with Gasteiger partial charge in [0.25, 0.3) is 17.0 Å². The molecule has 0 radical (unpaired) electrons. The first kappa shape index (κ1) is 33.0. The van der Waals surface area contributed by atoms with Gasteiger partial charge in [-0.2, -0.15) is 0 Å². The minimum Gasteiger partial charge on any atom is -0.507 e. The number of methoxy groups -OCH3 is 2. The van der Waals surface area contributed by atoms with Gasteiger partial charge in [0.05, 0.1) is 14.2 Å². The van der Waals surface area contributed by atoms with Crippen molar-refractivity contribution in [1.29, 1.82) is 0 Å². The summed E-state index contributed by atoms with van der Waals surface area (Å²) < 4.78 is 12.2. The number of para-hydroxylation sites is 1. The van der Waals surface area contributed by atoms with Crippen LogP contribution in [-0.2, 0) is 26.4 Å². The molecule has 1 aliphatic rings. The molecule has 0 saturated heterocycles. The molecule has 0 spiro atoms. The van der Waals surface area contributed by atoms with Crippen molar-refractivity contribution in [3.8, 4) is 17.2 Å². The molecule has 10 nitrogen and oxygen atoms in total. The van der Waals surface area contributed by atoms with Crippen LogP contribution in [0.3, 0.4) is 0 Å². The lowest BCUT2D eigenvalue weighted by Gasteiger charge is -2.29. The number of phenolic OH excluding ortho intramolecular Hbond substituents is 1. The second kappa shape index (κ2) is 14.5. The van der Waals surface area contributed by atoms with Gasteiger partial charge in [0.2, 0.25) is 0 Å². The normalized spacial score (nSPS) is 13.6. The zero-order chi connectivity index (χ0) is 34.5. The van der Waals surface area contributed by atoms with E-state index in [9.17, 15) is 19.5 Å². The topological polar surface area (TPSA) is 126 Å². The number of H-pyrrole nitrogens is 1. The van der Waals surface area contributed by atoms with Gasteiger partial charge in [0.1, 0.15) is 16.4 Å². The third-order valence-electron chi connectivity index (χ3n) is 8.79. The molecule has 1 amide bonds. The van der Waals surface area contributed by atoms with Crippen LogP contribution in [0.1, 0.15) is 38.2 Å². The van der Waals surface area contributed by atoms with E-state index < -0.39 is 11.1 Å². The molecule has 0 atom stereocenters. The van der Waals surface area contributed by atoms with Crippen molar-refractivity contribution in [1.82, 2.24) is 14.5 Å². The van der Waals surface area contributed by atoms with Gasteiger partial charge < -0.3 is 29.4 Å². The molecular weight excluding hydrogens is 620 g/mol. The summed E-state index contributed by atoms with van der Waals surface area (Å²) in [6.45, 7) is 2.74. The van der Waals surface area contributed by atoms with Crippen molar-refractivity contribution < 1.29 is 19.4 Å². The van der Waals surface area contributed by atoms with Gasteiger partial charge in [-0.25, -0.2) is 0 Å². The number of carbonyl (C=O) groups excluding carboxylic acids is 1. The molecule has 0 unspecified atom stereocenters. The highest BCUT2D eigenvalue weighted by molar-refractivity contribution is 6.04. The molecule has 0 aliphatic carbocycles. The van der Waals surface area contributed by atoms with Crippen molar-refractivity contribution in [2.45, 2.75) is 19.4 Å². The number of hydrogen-bond acceptors (Lipinski definition) is 7. The molecule has 0 bridgehead atoms. The van der Waals surface area contributed by atoms with Crippen LogP contribution < -0.4 is 36.6 Å². The van der Waals surface area contributed by atoms with Gasteiger partial charge in [-0.15, -0.1) is 0 Å². The van der Waals surface area contributed by atoms with Crippen LogP contribution in [0.4, 0.5) is 5.69 Å². The van der Waals surface area contributed by atoms with Crippen molar-refractivity contribution >= 4 is 23.7 Å². The van der Waals surface area contributed by atoms with Crippen LogP contribution >= 0.6 is 0 Å². The monoisotopic (exact) mass is 658 g/mol. The Labute approximate surface area is 283 Å². The van der Waals surface area contributed by atoms with E-state index in [0.717, 1.165) is 44.0 Å². The second-order valence-corrected chi connectivity index (χ2v) is 12.0. The Kier molecular flexibility index (Phi) is 9.77. The fourth-order valence-corrected chi connectivity index (χ4v) is 6.01. The highest BCUT2D eigenvalue weighted by Gasteiger charge is 2.19. The van der Waals surface area contributed by atoms with E-state index >= 15 is 0 Å². The molecule has 2 heterocycles. The van der Waals surface area contributed by atoms with Gasteiger partial charge in [-0.3, -0.25) is 19.3 Å². The lowest BCUT2D eigenvalue weighted by molar-refractivity contribution is 0.102. The maximum atomic E-state index is 13.1. The number of aromatic nitrogens is 2. The summed E-state index contributed by atoms with van der Waals surface area (Å²) in [5.74, 6) is 1.22. The predicted molar refractivity (Wildman–Crippen MR) is 190 cm³/mol. The summed E-state index contributed by atoms with van der Waals surface area (Å²) in [5, 5.41) is 13.2. The molecule has 3 N–H and O–H groups in total. The van der Waals surface area contributed by atoms with E-state index in [-0.39, 0.29) is 22.4 Å². The zero-order valence-corrected chi connectivity index (χ0v) is 27.7. The number of benzene rings is 4. The Morgan fingerprint density at radius 3 is 2.39 bits per heavy atom. The smallest absolute Gasteiger partial charge is 0.274 e. The summed E-state index contributed by atoms with van der Waals surface area (Å²) in [6.07, 6.45) is 4.83. The molecule has 250 valence electrons. The molecule has 49 heavy (non-hydrogen) atoms. The average molecular weight is 659 g/mol. The lowest BCUT2D eigenvalue weighted by atomic mass is 9.98. The zero-order valence-electron chi connectivity index (χ0n) is 27.7. The summed E-state index contributed by atoms with van der Waals surface area (Å²) in [5.41, 5.74) is 4.88. The van der Waals surface area contributed by atoms with Crippen LogP contribution in [0.5, 0.6) is 17.2 Å². The lowest BCUT2D eigenvalue weighted by Crippen LogP contribution is -2.52. The number of nitrogens with zero attached hydrogens (tertiary/aromatic N) is 2. The van der Waals surface area contributed by atoms with Gasteiger partial charge in [-0.05, 0) is 89.7 Å². The predicted octanol–water partition coefficient (Wildman–Crippen LogP) is 3.31. The van der Waals surface area contributed by atoms with E-state index in [0.29, 0.717) is 22.4 Å². The fourth-order valence-electron chi connectivity index (χ4n) is 6.01. The van der Waals surface area contributed by atoms with E-state index in [1.54, 1.807) is 56.7 Å². The second-order valence-electron chi connectivity index (χ2n) is 12.0. The van der Waals surface area contributed by atoms with Gasteiger partial charge >= 0.3 is 0 Å². The standard InChI is InChI=1S/C39H38N4O6/c1-42-33(21-28-8-4-5-10-34(28)44)38(46)41-32(39(42)47)20-26-7-6-9-29(19-26)37(45)40-31-13-11-25(12-14-31)15-17-43-18-16-27-22-35(48-2)36(49-3)23-30(27)24-43/h4-14,19-23,44H,15-18,24H2,1-3H3,(H,40,45)(H,41,46)/b32-20-,33-21-. The van der Waals surface area contributed by atoms with Crippen LogP contribution in [0.25, 0.3) is 12.2 Å². The van der Waals surface area contributed by atoms with E-state index in [1.807, 2.05) is 24.3 Å². The molecule has 5 aromatic rings. The summed E-state index contributed by atoms with van der Waals surface area (Å²) in [6, 6.07) is 25.4. The molecule has 4 aromatic carbocycles. The third kappa shape index (κ3) is 7.50. The molecular formula is C39H38N4O6. The number of anilines is 1. The minimum absolute atomic E-state index is 0.000239. The highest BCUT2D eigenvalue weighted by atomic mass is 16.5. The SMILES string of the molecule is COc1cc2c(cc1OC)CN(CCc1ccc(NC(=O)c3cccc(/C=c4\[nH]c(=O)/c(=C/c5ccccc5O)n(C)c4=O)c3)cc1)CC2. The molecule has 1 aromatic heterocycles. The first-order valence-electron chi connectivity index (χ1n) is 16.0. The van der Waals surface area contributed by atoms with Crippen molar-refractivity contribution in [2.75, 3.05) is 32.6 Å². The quantitative estimate of drug-likeness (QED) is 0.222. The van der Waals surface area contributed by atoms with Crippen LogP contribution in [-0.4, -0.2) is 52.8 Å². The maximum Gasteiger partial charge on any atom is 0.274 e. The van der Waals surface area contributed by atoms with Gasteiger partial charge in [-0.1, -0.05) is 42.5 Å². The summed E-state index contributed by atoms with van der Waals surface area (Å²) in [7, 11) is 4.81. The largest absolute Gasteiger partial charge is 0.507 e. The van der Waals surface area contributed by atoms with Crippen LogP contribution in [0.15, 0.2) is 94.5 Å². The molecule has 0 fully saturated rings. The third-order valence-corrected chi connectivity index (χ3v) is 8.79. The van der Waals surface area contributed by atoms with Crippen LogP contribution in [0, 0.1) is 0 Å². The van der Waals surface area contributed by atoms with Gasteiger partial charge in [0, 0.05) is 43.5 Å². The summed E-state index contributed by atoms with van der Waals surface area (Å²) in [4.78, 5) is 44.3. The van der Waals surface area contributed by atoms with Crippen LogP contribution in [0.2, 0.25) is 0 Å². The highest BCUT2D eigenvalue weighted by Crippen LogP contribution is 2.33. The van der Waals surface area contributed by atoms with E-state index in [2.05, 4.69) is 27.3 Å². The first-order valence-corrected chi connectivity index (χ1v) is 16.0. The Balaban J connectivity index is 1.10. The Morgan fingerprint density at radius 2 is 1.65 bits per heavy atom. The number of fused-ring (bicyclic) bond motifs is 1. The van der Waals surface area contributed by atoms with E-state index in [4.69, 9.17) is 9.47 Å². The van der Waals surface area contributed by atoms with E-state index in [1.165, 1.54) is 46.5 Å². The number of rotatable bonds is 9. The number of hydrogen-bond donors (Lipinski definition) is 3. The van der Waals surface area contributed by atoms with Crippen molar-refractivity contribution in [3.63, 3.8) is 0 Å². The number of nitrogens with one attached hydrogen (secondary N) is 2. The Bertz CT molecular complexity index is 2260. The first-order chi connectivity index (χ1) is 23.7. The number of carbonyl (C=O) groups is 1. The molecule has 6 rings (SSSR count). The minimum atomic E-state index is -0.489.